The van der Waals surface area contributed by atoms with E-state index < -0.39 is 0 Å². The molecule has 1 aliphatic carbocycles. The second-order valence-electron chi connectivity index (χ2n) is 3.62. The Balaban J connectivity index is -0.000000125. The predicted molar refractivity (Wildman–Crippen MR) is 44.6 cm³/mol. The third kappa shape index (κ3) is 5.22. The summed E-state index contributed by atoms with van der Waals surface area (Å²) in [4.78, 5) is 0. The fourth-order valence-electron chi connectivity index (χ4n) is 1.41. The van der Waals surface area contributed by atoms with Crippen LogP contribution in [0.15, 0.2) is 16.7 Å². The van der Waals surface area contributed by atoms with Gasteiger partial charge in [0, 0.05) is 0 Å². The SMILES string of the molecule is CC1=[C-]C(C)(C)C(C)=C1C.[Br-].[Br-].[Br-].[Hf+4]. The molecule has 0 aromatic carbocycles. The Kier molecular flexibility index (Phi) is 15.8. The van der Waals surface area contributed by atoms with Gasteiger partial charge in [-0.05, 0) is 0 Å². The maximum Gasteiger partial charge on any atom is 4.00 e. The molecule has 0 saturated heterocycles. The van der Waals surface area contributed by atoms with E-state index in [9.17, 15) is 0 Å². The minimum absolute atomic E-state index is 0. The standard InChI is InChI=1S/C10H15.3BrH.Hf/c1-7-6-10(4,5)9(3)8(7)2;;;;/h1-5H3;3*1H;/q-1;;;;+4/p-3. The van der Waals surface area contributed by atoms with Gasteiger partial charge in [0.25, 0.3) is 0 Å². The third-order valence-electron chi connectivity index (χ3n) is 2.56. The summed E-state index contributed by atoms with van der Waals surface area (Å²) >= 11 is 0. The average molecular weight is 553 g/mol. The molecule has 0 amide bonds. The number of allylic oxidation sites excluding steroid dienone is 4. The first-order valence-corrected chi connectivity index (χ1v) is 3.75. The van der Waals surface area contributed by atoms with Crippen LogP contribution < -0.4 is 50.9 Å². The molecule has 0 bridgehead atoms. The van der Waals surface area contributed by atoms with Gasteiger partial charge < -0.3 is 50.9 Å². The summed E-state index contributed by atoms with van der Waals surface area (Å²) in [6, 6.07) is 0. The number of hydrogen-bond acceptors (Lipinski definition) is 0. The molecule has 4 heteroatoms. The van der Waals surface area contributed by atoms with Gasteiger partial charge in [0.2, 0.25) is 0 Å². The van der Waals surface area contributed by atoms with Crippen LogP contribution in [0.1, 0.15) is 34.6 Å². The van der Waals surface area contributed by atoms with Crippen LogP contribution in [-0.2, 0) is 25.8 Å². The van der Waals surface area contributed by atoms with Crippen molar-refractivity contribution in [1.29, 1.82) is 0 Å². The number of rotatable bonds is 0. The molecule has 0 atom stereocenters. The average Bonchev–Trinajstić information content (AvgIpc) is 1.95. The molecule has 0 radical (unpaired) electrons. The van der Waals surface area contributed by atoms with Crippen molar-refractivity contribution >= 4 is 0 Å². The van der Waals surface area contributed by atoms with Gasteiger partial charge >= 0.3 is 25.8 Å². The molecule has 0 aromatic heterocycles. The van der Waals surface area contributed by atoms with Crippen molar-refractivity contribution < 1.29 is 76.8 Å². The summed E-state index contributed by atoms with van der Waals surface area (Å²) in [6.45, 7) is 10.9. The first-order chi connectivity index (χ1) is 4.45. The Labute approximate surface area is 138 Å². The molecule has 0 fully saturated rings. The Hall–Kier alpha value is 1.79. The van der Waals surface area contributed by atoms with Crippen LogP contribution in [0.3, 0.4) is 0 Å². The summed E-state index contributed by atoms with van der Waals surface area (Å²) < 4.78 is 0. The minimum atomic E-state index is 0. The Bertz CT molecular complexity index is 230. The van der Waals surface area contributed by atoms with Crippen LogP contribution in [0, 0.1) is 11.5 Å². The second kappa shape index (κ2) is 8.89. The van der Waals surface area contributed by atoms with Gasteiger partial charge in [-0.15, -0.1) is 6.92 Å². The van der Waals surface area contributed by atoms with Gasteiger partial charge in [-0.25, -0.2) is 5.57 Å². The Morgan fingerprint density at radius 1 is 0.929 bits per heavy atom. The molecule has 0 aliphatic heterocycles. The van der Waals surface area contributed by atoms with E-state index in [1.165, 1.54) is 16.7 Å². The summed E-state index contributed by atoms with van der Waals surface area (Å²) in [7, 11) is 0. The van der Waals surface area contributed by atoms with E-state index in [-0.39, 0.29) is 82.2 Å². The third-order valence-corrected chi connectivity index (χ3v) is 2.56. The minimum Gasteiger partial charge on any atom is -1.00 e. The summed E-state index contributed by atoms with van der Waals surface area (Å²) in [5.74, 6) is 0. The van der Waals surface area contributed by atoms with E-state index in [1.807, 2.05) is 0 Å². The van der Waals surface area contributed by atoms with Crippen molar-refractivity contribution in [3.8, 4) is 0 Å². The largest absolute Gasteiger partial charge is 4.00 e. The van der Waals surface area contributed by atoms with Crippen LogP contribution in [0.5, 0.6) is 0 Å². The second-order valence-corrected chi connectivity index (χ2v) is 3.62. The maximum absolute atomic E-state index is 3.44. The number of hydrogen-bond donors (Lipinski definition) is 0. The van der Waals surface area contributed by atoms with Crippen molar-refractivity contribution in [1.82, 2.24) is 0 Å². The molecule has 0 aromatic rings. The van der Waals surface area contributed by atoms with Crippen LogP contribution in [0.2, 0.25) is 0 Å². The fourth-order valence-corrected chi connectivity index (χ4v) is 1.41. The van der Waals surface area contributed by atoms with Gasteiger partial charge in [-0.2, -0.15) is 11.1 Å². The molecule has 0 nitrogen and oxygen atoms in total. The fraction of sp³-hybridized carbons (Fsp3) is 0.600. The van der Waals surface area contributed by atoms with Crippen molar-refractivity contribution in [3.63, 3.8) is 0 Å². The molecule has 1 aliphatic rings. The topological polar surface area (TPSA) is 0 Å². The van der Waals surface area contributed by atoms with Crippen molar-refractivity contribution in [3.05, 3.63) is 22.8 Å². The summed E-state index contributed by atoms with van der Waals surface area (Å²) in [5.41, 5.74) is 4.39. The van der Waals surface area contributed by atoms with E-state index in [1.54, 1.807) is 0 Å². The molecule has 0 heterocycles. The van der Waals surface area contributed by atoms with E-state index in [0.29, 0.717) is 0 Å². The van der Waals surface area contributed by atoms with Gasteiger partial charge in [-0.1, -0.05) is 33.1 Å². The molecular weight excluding hydrogens is 538 g/mol. The van der Waals surface area contributed by atoms with Crippen LogP contribution in [0.25, 0.3) is 0 Å². The first kappa shape index (κ1) is 24.8. The van der Waals surface area contributed by atoms with E-state index in [2.05, 4.69) is 40.7 Å². The normalized spacial score (nSPS) is 16.8. The molecule has 80 valence electrons. The van der Waals surface area contributed by atoms with Gasteiger partial charge in [0.1, 0.15) is 0 Å². The Morgan fingerprint density at radius 2 is 1.29 bits per heavy atom. The van der Waals surface area contributed by atoms with Gasteiger partial charge in [0.15, 0.2) is 0 Å². The zero-order valence-electron chi connectivity index (χ0n) is 9.13. The van der Waals surface area contributed by atoms with E-state index >= 15 is 0 Å². The Morgan fingerprint density at radius 3 is 1.36 bits per heavy atom. The molecule has 14 heavy (non-hydrogen) atoms. The zero-order valence-corrected chi connectivity index (χ0v) is 17.5. The van der Waals surface area contributed by atoms with Crippen molar-refractivity contribution in [2.24, 2.45) is 5.41 Å². The first-order valence-electron chi connectivity index (χ1n) is 3.75. The molecular formula is C10H15Br3Hf. The van der Waals surface area contributed by atoms with Crippen molar-refractivity contribution in [2.75, 3.05) is 0 Å². The van der Waals surface area contributed by atoms with Gasteiger partial charge in [0.05, 0.1) is 0 Å². The predicted octanol–water partition coefficient (Wildman–Crippen LogP) is -5.88. The van der Waals surface area contributed by atoms with E-state index in [4.69, 9.17) is 0 Å². The summed E-state index contributed by atoms with van der Waals surface area (Å²) in [6.07, 6.45) is 3.44. The number of halogens is 3. The molecule has 0 N–H and O–H groups in total. The van der Waals surface area contributed by atoms with Crippen LogP contribution >= 0.6 is 0 Å². The molecule has 0 spiro atoms. The molecule has 0 unspecified atom stereocenters. The quantitative estimate of drug-likeness (QED) is 0.207. The van der Waals surface area contributed by atoms with Crippen LogP contribution in [-0.4, -0.2) is 0 Å². The van der Waals surface area contributed by atoms with Gasteiger partial charge in [-0.3, -0.25) is 6.08 Å². The maximum atomic E-state index is 3.44. The van der Waals surface area contributed by atoms with E-state index in [0.717, 1.165) is 0 Å². The van der Waals surface area contributed by atoms with Crippen LogP contribution in [0.4, 0.5) is 0 Å². The summed E-state index contributed by atoms with van der Waals surface area (Å²) in [5, 5.41) is 0. The monoisotopic (exact) mass is 552 g/mol. The smallest absolute Gasteiger partial charge is 1.00 e. The molecule has 1 rings (SSSR count). The van der Waals surface area contributed by atoms with Crippen molar-refractivity contribution in [2.45, 2.75) is 34.6 Å². The zero-order chi connectivity index (χ0) is 7.94. The molecule has 0 saturated carbocycles.